The topological polar surface area (TPSA) is 38.1 Å². The van der Waals surface area contributed by atoms with Crippen molar-refractivity contribution >= 4 is 44.8 Å². The number of fused-ring (bicyclic) bond motifs is 4. The van der Waals surface area contributed by atoms with E-state index in [1.807, 2.05) is 18.3 Å². The first kappa shape index (κ1) is 27.1. The van der Waals surface area contributed by atoms with Gasteiger partial charge >= 0.3 is 0 Å². The second-order valence-electron chi connectivity index (χ2n) is 12.5. The maximum absolute atomic E-state index is 13.7. The van der Waals surface area contributed by atoms with Crippen LogP contribution in [0.1, 0.15) is 36.2 Å². The molecule has 4 heteroatoms. The van der Waals surface area contributed by atoms with Crippen molar-refractivity contribution in [3.63, 3.8) is 0 Å². The largest absolute Gasteiger partial charge is 0.310 e. The zero-order valence-corrected chi connectivity index (χ0v) is 25.4. The fourth-order valence-corrected chi connectivity index (χ4v) is 6.84. The number of rotatable bonds is 5. The first-order valence-electron chi connectivity index (χ1n) is 15.6. The minimum absolute atomic E-state index is 0.215. The molecule has 2 aromatic heterocycles. The number of carbonyl (C=O) groups excluding carboxylic acids is 1. The molecule has 5 aromatic carbocycles. The summed E-state index contributed by atoms with van der Waals surface area (Å²) in [4.78, 5) is 20.8. The number of hydrogen-bond donors (Lipinski definition) is 0. The Bertz CT molecular complexity index is 2170. The van der Waals surface area contributed by atoms with E-state index in [-0.39, 0.29) is 11.2 Å². The summed E-state index contributed by atoms with van der Waals surface area (Å²) in [6, 6.07) is 46.7. The number of Topliss-reactive ketones (excluding diaryl/α,β-unsaturated/α-hetero) is 1. The number of pyridine rings is 1. The molecule has 0 spiro atoms. The van der Waals surface area contributed by atoms with Gasteiger partial charge < -0.3 is 4.90 Å². The van der Waals surface area contributed by atoms with Gasteiger partial charge in [0.25, 0.3) is 0 Å². The molecule has 0 saturated heterocycles. The maximum atomic E-state index is 13.7. The summed E-state index contributed by atoms with van der Waals surface area (Å²) in [5.74, 6) is 0.215. The molecular formula is C41H33N3O. The molecule has 218 valence electrons. The predicted octanol–water partition coefficient (Wildman–Crippen LogP) is 10.5. The van der Waals surface area contributed by atoms with Gasteiger partial charge in [-0.15, -0.1) is 0 Å². The van der Waals surface area contributed by atoms with Crippen molar-refractivity contribution in [2.24, 2.45) is 5.41 Å². The van der Waals surface area contributed by atoms with Crippen molar-refractivity contribution in [1.29, 1.82) is 0 Å². The Kier molecular flexibility index (Phi) is 6.38. The Morgan fingerprint density at radius 3 is 2.33 bits per heavy atom. The van der Waals surface area contributed by atoms with Crippen LogP contribution in [0.5, 0.6) is 0 Å². The summed E-state index contributed by atoms with van der Waals surface area (Å²) >= 11 is 0. The smallest absolute Gasteiger partial charge is 0.168 e. The molecule has 0 unspecified atom stereocenters. The lowest BCUT2D eigenvalue weighted by molar-refractivity contribution is 0.0811. The van der Waals surface area contributed by atoms with Crippen LogP contribution in [-0.2, 0) is 6.42 Å². The number of hydrogen-bond acceptors (Lipinski definition) is 3. The monoisotopic (exact) mass is 583 g/mol. The Hall–Kier alpha value is -5.48. The molecule has 0 aliphatic heterocycles. The van der Waals surface area contributed by atoms with Crippen LogP contribution in [0.2, 0.25) is 0 Å². The van der Waals surface area contributed by atoms with Gasteiger partial charge in [-0.1, -0.05) is 92.7 Å². The second kappa shape index (κ2) is 10.6. The van der Waals surface area contributed by atoms with Crippen molar-refractivity contribution in [3.8, 4) is 16.8 Å². The highest BCUT2D eigenvalue weighted by Gasteiger charge is 2.34. The fourth-order valence-electron chi connectivity index (χ4n) is 6.84. The zero-order chi connectivity index (χ0) is 30.5. The Morgan fingerprint density at radius 1 is 0.689 bits per heavy atom. The van der Waals surface area contributed by atoms with Gasteiger partial charge in [0.1, 0.15) is 5.65 Å². The number of nitrogens with zero attached hydrogens (tertiary/aromatic N) is 3. The van der Waals surface area contributed by atoms with Crippen molar-refractivity contribution in [2.75, 3.05) is 4.90 Å². The molecule has 1 aliphatic carbocycles. The number of aromatic nitrogens is 2. The highest BCUT2D eigenvalue weighted by Crippen LogP contribution is 2.44. The van der Waals surface area contributed by atoms with Crippen LogP contribution in [0.25, 0.3) is 38.8 Å². The molecule has 0 N–H and O–H groups in total. The zero-order valence-electron chi connectivity index (χ0n) is 25.4. The summed E-state index contributed by atoms with van der Waals surface area (Å²) in [6.45, 7) is 4.13. The molecule has 0 saturated carbocycles. The van der Waals surface area contributed by atoms with Crippen molar-refractivity contribution < 1.29 is 4.79 Å². The highest BCUT2D eigenvalue weighted by molar-refractivity contribution is 6.08. The molecule has 0 bridgehead atoms. The minimum atomic E-state index is -0.373. The molecule has 7 aromatic rings. The van der Waals surface area contributed by atoms with Gasteiger partial charge in [0.15, 0.2) is 5.78 Å². The molecule has 0 radical (unpaired) electrons. The molecular weight excluding hydrogens is 550 g/mol. The van der Waals surface area contributed by atoms with E-state index >= 15 is 0 Å². The molecule has 0 atom stereocenters. The van der Waals surface area contributed by atoms with Crippen molar-refractivity contribution in [3.05, 3.63) is 151 Å². The summed E-state index contributed by atoms with van der Waals surface area (Å²) < 4.78 is 2.24. The normalized spacial score (nSPS) is 14.0. The molecule has 4 nitrogen and oxygen atoms in total. The number of carbonyl (C=O) groups is 1. The average Bonchev–Trinajstić information content (AvgIpc) is 3.42. The lowest BCUT2D eigenvalue weighted by Crippen LogP contribution is -2.30. The van der Waals surface area contributed by atoms with Crippen LogP contribution in [0.3, 0.4) is 0 Å². The van der Waals surface area contributed by atoms with Crippen LogP contribution >= 0.6 is 0 Å². The van der Waals surface area contributed by atoms with Crippen LogP contribution in [-0.4, -0.2) is 15.3 Å². The third kappa shape index (κ3) is 4.53. The van der Waals surface area contributed by atoms with E-state index in [0.717, 1.165) is 74.4 Å². The van der Waals surface area contributed by atoms with Gasteiger partial charge in [0.05, 0.1) is 11.2 Å². The molecule has 8 rings (SSSR count). The lowest BCUT2D eigenvalue weighted by Gasteiger charge is -2.32. The van der Waals surface area contributed by atoms with Crippen LogP contribution in [0, 0.1) is 5.41 Å². The molecule has 0 fully saturated rings. The fraction of sp³-hybridized carbons (Fsp3) is 0.122. The van der Waals surface area contributed by atoms with E-state index in [0.29, 0.717) is 0 Å². The molecule has 2 heterocycles. The highest BCUT2D eigenvalue weighted by atomic mass is 16.1. The average molecular weight is 584 g/mol. The minimum Gasteiger partial charge on any atom is -0.310 e. The van der Waals surface area contributed by atoms with E-state index in [1.54, 1.807) is 0 Å². The van der Waals surface area contributed by atoms with Crippen molar-refractivity contribution in [2.45, 2.75) is 26.7 Å². The summed E-state index contributed by atoms with van der Waals surface area (Å²) in [7, 11) is 0. The van der Waals surface area contributed by atoms with Crippen LogP contribution in [0.4, 0.5) is 17.1 Å². The quantitative estimate of drug-likeness (QED) is 0.202. The number of para-hydroxylation sites is 2. The first-order chi connectivity index (χ1) is 22.0. The summed E-state index contributed by atoms with van der Waals surface area (Å²) in [5, 5.41) is 2.30. The second-order valence-corrected chi connectivity index (χ2v) is 12.5. The number of aryl methyl sites for hydroxylation is 1. The standard InChI is InChI=1S/C41H33N3O/c1-41(2)24-23-29-21-22-32(27-36(29)39(41)45)43(37-19-8-6-16-33(37)28-12-4-3-5-13-28)30-14-10-15-31(26-30)44-38-20-9-7-17-34(38)35-18-11-25-42-40(35)44/h3-22,25-27H,23-24H2,1-2H3. The van der Waals surface area contributed by atoms with Crippen molar-refractivity contribution in [1.82, 2.24) is 9.55 Å². The number of ketones is 1. The molecule has 1 aliphatic rings. The van der Waals surface area contributed by atoms with E-state index in [2.05, 4.69) is 145 Å². The predicted molar refractivity (Wildman–Crippen MR) is 185 cm³/mol. The van der Waals surface area contributed by atoms with E-state index in [4.69, 9.17) is 4.98 Å². The van der Waals surface area contributed by atoms with Gasteiger partial charge in [-0.2, -0.15) is 0 Å². The van der Waals surface area contributed by atoms with E-state index in [9.17, 15) is 4.79 Å². The van der Waals surface area contributed by atoms with Gasteiger partial charge in [-0.25, -0.2) is 4.98 Å². The van der Waals surface area contributed by atoms with E-state index in [1.165, 1.54) is 5.39 Å². The molecule has 45 heavy (non-hydrogen) atoms. The summed E-state index contributed by atoms with van der Waals surface area (Å²) in [5.41, 5.74) is 9.90. The van der Waals surface area contributed by atoms with Crippen LogP contribution < -0.4 is 4.90 Å². The maximum Gasteiger partial charge on any atom is 0.168 e. The Labute approximate surface area is 263 Å². The molecule has 0 amide bonds. The van der Waals surface area contributed by atoms with Gasteiger partial charge in [0, 0.05) is 50.6 Å². The number of benzene rings is 5. The third-order valence-corrected chi connectivity index (χ3v) is 9.24. The lowest BCUT2D eigenvalue weighted by atomic mass is 9.73. The van der Waals surface area contributed by atoms with Gasteiger partial charge in [-0.3, -0.25) is 9.36 Å². The number of anilines is 3. The third-order valence-electron chi connectivity index (χ3n) is 9.24. The van der Waals surface area contributed by atoms with Crippen LogP contribution in [0.15, 0.2) is 140 Å². The van der Waals surface area contributed by atoms with E-state index < -0.39 is 0 Å². The SMILES string of the molecule is CC1(C)CCc2ccc(N(c3cccc(-n4c5ccccc5c5cccnc54)c3)c3ccccc3-c3ccccc3)cc2C1=O. The first-order valence-corrected chi connectivity index (χ1v) is 15.6. The Balaban J connectivity index is 1.37. The van der Waals surface area contributed by atoms with Gasteiger partial charge in [0.2, 0.25) is 0 Å². The Morgan fingerprint density at radius 2 is 1.44 bits per heavy atom. The van der Waals surface area contributed by atoms with Gasteiger partial charge in [-0.05, 0) is 78.6 Å². The summed E-state index contributed by atoms with van der Waals surface area (Å²) in [6.07, 6.45) is 3.63.